The Balaban J connectivity index is 2.08. The van der Waals surface area contributed by atoms with Gasteiger partial charge in [0.05, 0.1) is 22.9 Å². The van der Waals surface area contributed by atoms with Gasteiger partial charge < -0.3 is 5.32 Å². The van der Waals surface area contributed by atoms with E-state index < -0.39 is 9.84 Å². The molecule has 0 radical (unpaired) electrons. The van der Waals surface area contributed by atoms with Crippen molar-refractivity contribution in [1.82, 2.24) is 9.78 Å². The summed E-state index contributed by atoms with van der Waals surface area (Å²) in [5.41, 5.74) is 1.83. The maximum absolute atomic E-state index is 11.3. The molecular formula is C9H15N3O2S. The van der Waals surface area contributed by atoms with E-state index in [9.17, 15) is 8.42 Å². The van der Waals surface area contributed by atoms with Crippen LogP contribution in [-0.2, 0) is 16.9 Å². The molecule has 2 heterocycles. The molecule has 1 aliphatic rings. The van der Waals surface area contributed by atoms with Crippen molar-refractivity contribution in [2.24, 2.45) is 7.05 Å². The Morgan fingerprint density at radius 2 is 2.33 bits per heavy atom. The van der Waals surface area contributed by atoms with Gasteiger partial charge >= 0.3 is 0 Å². The minimum absolute atomic E-state index is 0.0397. The number of sulfone groups is 1. The number of nitrogens with one attached hydrogen (secondary N) is 1. The van der Waals surface area contributed by atoms with Crippen molar-refractivity contribution in [2.75, 3.05) is 16.8 Å². The Kier molecular flexibility index (Phi) is 2.46. The number of rotatable bonds is 2. The fourth-order valence-corrected chi connectivity index (χ4v) is 3.54. The first-order valence-electron chi connectivity index (χ1n) is 4.93. The molecule has 6 heteroatoms. The summed E-state index contributed by atoms with van der Waals surface area (Å²) >= 11 is 0. The molecule has 0 saturated carbocycles. The van der Waals surface area contributed by atoms with Gasteiger partial charge in [-0.05, 0) is 13.3 Å². The van der Waals surface area contributed by atoms with E-state index in [0.717, 1.165) is 11.4 Å². The normalized spacial score (nSPS) is 24.3. The summed E-state index contributed by atoms with van der Waals surface area (Å²) in [5.74, 6) is 0.533. The van der Waals surface area contributed by atoms with Crippen molar-refractivity contribution in [3.8, 4) is 0 Å². The SMILES string of the molecule is Cc1nn(C)cc1NC1CCS(=O)(=O)C1. The molecule has 1 aliphatic heterocycles. The van der Waals surface area contributed by atoms with Crippen LogP contribution in [0.5, 0.6) is 0 Å². The monoisotopic (exact) mass is 229 g/mol. The molecule has 1 aromatic rings. The highest BCUT2D eigenvalue weighted by atomic mass is 32.2. The number of aryl methyl sites for hydroxylation is 2. The first-order valence-corrected chi connectivity index (χ1v) is 6.75. The summed E-state index contributed by atoms with van der Waals surface area (Å²) in [6.45, 7) is 1.91. The van der Waals surface area contributed by atoms with E-state index >= 15 is 0 Å². The second kappa shape index (κ2) is 3.52. The molecule has 0 amide bonds. The summed E-state index contributed by atoms with van der Waals surface area (Å²) in [6.07, 6.45) is 2.57. The van der Waals surface area contributed by atoms with E-state index in [4.69, 9.17) is 0 Å². The van der Waals surface area contributed by atoms with Crippen LogP contribution < -0.4 is 5.32 Å². The fourth-order valence-electron chi connectivity index (χ4n) is 1.87. The number of aromatic nitrogens is 2. The first-order chi connectivity index (χ1) is 6.96. The van der Waals surface area contributed by atoms with Gasteiger partial charge in [0.25, 0.3) is 0 Å². The highest BCUT2D eigenvalue weighted by molar-refractivity contribution is 7.91. The van der Waals surface area contributed by atoms with Crippen LogP contribution in [0.25, 0.3) is 0 Å². The van der Waals surface area contributed by atoms with Crippen LogP contribution in [0, 0.1) is 6.92 Å². The third kappa shape index (κ3) is 2.31. The maximum Gasteiger partial charge on any atom is 0.152 e. The van der Waals surface area contributed by atoms with Crippen molar-refractivity contribution in [3.05, 3.63) is 11.9 Å². The Labute approximate surface area is 89.4 Å². The lowest BCUT2D eigenvalue weighted by atomic mass is 10.2. The zero-order valence-corrected chi connectivity index (χ0v) is 9.71. The summed E-state index contributed by atoms with van der Waals surface area (Å²) in [6, 6.07) is 0.0397. The van der Waals surface area contributed by atoms with Gasteiger partial charge in [0.15, 0.2) is 9.84 Å². The van der Waals surface area contributed by atoms with Gasteiger partial charge in [-0.2, -0.15) is 5.10 Å². The molecule has 15 heavy (non-hydrogen) atoms. The zero-order valence-electron chi connectivity index (χ0n) is 8.90. The van der Waals surface area contributed by atoms with Crippen LogP contribution in [0.2, 0.25) is 0 Å². The van der Waals surface area contributed by atoms with Gasteiger partial charge in [-0.3, -0.25) is 4.68 Å². The van der Waals surface area contributed by atoms with E-state index in [0.29, 0.717) is 12.2 Å². The molecule has 0 spiro atoms. The van der Waals surface area contributed by atoms with Crippen molar-refractivity contribution in [3.63, 3.8) is 0 Å². The molecule has 2 rings (SSSR count). The lowest BCUT2D eigenvalue weighted by Crippen LogP contribution is -2.20. The largest absolute Gasteiger partial charge is 0.378 e. The molecule has 1 fully saturated rings. The second-order valence-corrected chi connectivity index (χ2v) is 6.27. The summed E-state index contributed by atoms with van der Waals surface area (Å²) in [5, 5.41) is 7.42. The quantitative estimate of drug-likeness (QED) is 0.793. The van der Waals surface area contributed by atoms with Crippen LogP contribution in [0.3, 0.4) is 0 Å². The van der Waals surface area contributed by atoms with Gasteiger partial charge in [-0.25, -0.2) is 8.42 Å². The third-order valence-corrected chi connectivity index (χ3v) is 4.37. The molecule has 5 nitrogen and oxygen atoms in total. The topological polar surface area (TPSA) is 64.0 Å². The number of nitrogens with zero attached hydrogens (tertiary/aromatic N) is 2. The lowest BCUT2D eigenvalue weighted by molar-refractivity contribution is 0.602. The summed E-state index contributed by atoms with van der Waals surface area (Å²) in [7, 11) is -0.961. The first kappa shape index (κ1) is 10.5. The molecule has 0 aliphatic carbocycles. The predicted octanol–water partition coefficient (Wildman–Crippen LogP) is 0.328. The zero-order chi connectivity index (χ0) is 11.1. The lowest BCUT2D eigenvalue weighted by Gasteiger charge is -2.10. The summed E-state index contributed by atoms with van der Waals surface area (Å²) in [4.78, 5) is 0. The van der Waals surface area contributed by atoms with Gasteiger partial charge in [0.1, 0.15) is 0 Å². The molecule has 0 aromatic carbocycles. The standard InChI is InChI=1S/C9H15N3O2S/c1-7-9(5-12(2)11-7)10-8-3-4-15(13,14)6-8/h5,8,10H,3-4,6H2,1-2H3. The average molecular weight is 229 g/mol. The Morgan fingerprint density at radius 1 is 1.60 bits per heavy atom. The van der Waals surface area contributed by atoms with Crippen LogP contribution >= 0.6 is 0 Å². The second-order valence-electron chi connectivity index (χ2n) is 4.05. The Hall–Kier alpha value is -1.04. The smallest absolute Gasteiger partial charge is 0.152 e. The highest BCUT2D eigenvalue weighted by Gasteiger charge is 2.28. The van der Waals surface area contributed by atoms with Crippen LogP contribution in [0.15, 0.2) is 6.20 Å². The maximum atomic E-state index is 11.3. The minimum Gasteiger partial charge on any atom is -0.378 e. The Morgan fingerprint density at radius 3 is 2.80 bits per heavy atom. The van der Waals surface area contributed by atoms with Crippen LogP contribution in [0.4, 0.5) is 5.69 Å². The molecule has 1 unspecified atom stereocenters. The predicted molar refractivity (Wildman–Crippen MR) is 58.6 cm³/mol. The average Bonchev–Trinajstić information content (AvgIpc) is 2.57. The third-order valence-electron chi connectivity index (χ3n) is 2.61. The van der Waals surface area contributed by atoms with Crippen molar-refractivity contribution in [2.45, 2.75) is 19.4 Å². The van der Waals surface area contributed by atoms with Gasteiger partial charge in [-0.1, -0.05) is 0 Å². The molecule has 1 atom stereocenters. The molecule has 1 aromatic heterocycles. The van der Waals surface area contributed by atoms with Crippen molar-refractivity contribution < 1.29 is 8.42 Å². The number of hydrogen-bond acceptors (Lipinski definition) is 4. The van der Waals surface area contributed by atoms with Crippen molar-refractivity contribution >= 4 is 15.5 Å². The van der Waals surface area contributed by atoms with E-state index in [2.05, 4.69) is 10.4 Å². The summed E-state index contributed by atoms with van der Waals surface area (Å²) < 4.78 is 24.2. The van der Waals surface area contributed by atoms with Gasteiger partial charge in [0.2, 0.25) is 0 Å². The number of hydrogen-bond donors (Lipinski definition) is 1. The van der Waals surface area contributed by atoms with E-state index in [1.54, 1.807) is 4.68 Å². The molecule has 84 valence electrons. The van der Waals surface area contributed by atoms with E-state index in [1.165, 1.54) is 0 Å². The highest BCUT2D eigenvalue weighted by Crippen LogP contribution is 2.19. The van der Waals surface area contributed by atoms with Gasteiger partial charge in [0, 0.05) is 19.3 Å². The number of anilines is 1. The molecule has 1 saturated heterocycles. The fraction of sp³-hybridized carbons (Fsp3) is 0.667. The van der Waals surface area contributed by atoms with E-state index in [1.807, 2.05) is 20.2 Å². The van der Waals surface area contributed by atoms with Crippen LogP contribution in [0.1, 0.15) is 12.1 Å². The Bertz CT molecular complexity index is 464. The van der Waals surface area contributed by atoms with Crippen LogP contribution in [-0.4, -0.2) is 35.7 Å². The van der Waals surface area contributed by atoms with Crippen molar-refractivity contribution in [1.29, 1.82) is 0 Å². The van der Waals surface area contributed by atoms with E-state index in [-0.39, 0.29) is 11.8 Å². The minimum atomic E-state index is -2.81. The molecule has 1 N–H and O–H groups in total. The molecular weight excluding hydrogens is 214 g/mol. The molecule has 0 bridgehead atoms. The van der Waals surface area contributed by atoms with Gasteiger partial charge in [-0.15, -0.1) is 0 Å².